The summed E-state index contributed by atoms with van der Waals surface area (Å²) >= 11 is 1.36. The zero-order valence-corrected chi connectivity index (χ0v) is 19.6. The van der Waals surface area contributed by atoms with Crippen LogP contribution in [0.25, 0.3) is 27.5 Å². The second-order valence-electron chi connectivity index (χ2n) is 8.48. The van der Waals surface area contributed by atoms with Crippen LogP contribution in [0.2, 0.25) is 0 Å². The molecule has 6 rings (SSSR count). The van der Waals surface area contributed by atoms with Crippen molar-refractivity contribution >= 4 is 44.8 Å². The van der Waals surface area contributed by atoms with Crippen molar-refractivity contribution in [2.75, 3.05) is 0 Å². The second kappa shape index (κ2) is 8.92. The minimum atomic E-state index is -0.422. The second-order valence-corrected chi connectivity index (χ2v) is 9.36. The molecule has 35 heavy (non-hydrogen) atoms. The van der Waals surface area contributed by atoms with Gasteiger partial charge in [0.2, 0.25) is 0 Å². The van der Waals surface area contributed by atoms with E-state index in [4.69, 9.17) is 9.72 Å². The third-order valence-corrected chi connectivity index (χ3v) is 6.98. The maximum Gasteiger partial charge on any atom is 0.339 e. The predicted molar refractivity (Wildman–Crippen MR) is 137 cm³/mol. The van der Waals surface area contributed by atoms with Gasteiger partial charge in [-0.2, -0.15) is 0 Å². The average Bonchev–Trinajstić information content (AvgIpc) is 3.36. The minimum Gasteiger partial charge on any atom is -0.456 e. The molecule has 0 saturated carbocycles. The molecule has 0 fully saturated rings. The molecular weight excluding hydrogens is 458 g/mol. The quantitative estimate of drug-likeness (QED) is 0.317. The van der Waals surface area contributed by atoms with Crippen molar-refractivity contribution in [1.29, 1.82) is 0 Å². The number of fused-ring (bicyclic) bond motifs is 3. The fourth-order valence-corrected chi connectivity index (χ4v) is 5.37. The highest BCUT2D eigenvalue weighted by atomic mass is 32.1. The third-order valence-electron chi connectivity index (χ3n) is 6.22. The Hall–Kier alpha value is -4.10. The summed E-state index contributed by atoms with van der Waals surface area (Å²) in [4.78, 5) is 35.8. The summed E-state index contributed by atoms with van der Waals surface area (Å²) in [5.74, 6) is -0.422. The lowest BCUT2D eigenvalue weighted by Crippen LogP contribution is -2.17. The van der Waals surface area contributed by atoms with Gasteiger partial charge in [0.15, 0.2) is 4.96 Å². The molecular formula is C28H21N3O3S. The molecule has 0 bridgehead atoms. The number of nitrogens with zero attached hydrogens (tertiary/aromatic N) is 3. The van der Waals surface area contributed by atoms with Crippen molar-refractivity contribution in [2.24, 2.45) is 0 Å². The van der Waals surface area contributed by atoms with E-state index in [1.807, 2.05) is 42.5 Å². The van der Waals surface area contributed by atoms with Crippen molar-refractivity contribution in [3.8, 4) is 0 Å². The van der Waals surface area contributed by atoms with Crippen LogP contribution in [0, 0.1) is 0 Å². The number of para-hydroxylation sites is 1. The molecule has 0 spiro atoms. The highest BCUT2D eigenvalue weighted by Gasteiger charge is 2.26. The van der Waals surface area contributed by atoms with E-state index in [9.17, 15) is 9.59 Å². The molecule has 7 heteroatoms. The molecule has 2 aromatic carbocycles. The summed E-state index contributed by atoms with van der Waals surface area (Å²) < 4.78 is 7.21. The Labute approximate surface area is 205 Å². The Balaban J connectivity index is 1.40. The molecule has 0 radical (unpaired) electrons. The molecule has 6 nitrogen and oxygen atoms in total. The maximum atomic E-state index is 13.5. The number of ether oxygens (including phenoxy) is 1. The molecule has 5 aromatic rings. The summed E-state index contributed by atoms with van der Waals surface area (Å²) in [5.41, 5.74) is 5.57. The third kappa shape index (κ3) is 4.04. The number of aromatic nitrogens is 3. The van der Waals surface area contributed by atoms with Crippen LogP contribution in [-0.2, 0) is 17.8 Å². The standard InChI is InChI=1S/C28H21N3O3S/c32-24-16-20(29-28-31(24)13-14-35-28)17-34-27(33)25-21-10-4-5-12-23(21)30-26-19(9-6-11-22(25)26)15-18-7-2-1-3-8-18/h1-5,7-8,10,12-16H,6,9,11,17H2/b19-15+. The fourth-order valence-electron chi connectivity index (χ4n) is 4.63. The van der Waals surface area contributed by atoms with Gasteiger partial charge in [0.25, 0.3) is 5.56 Å². The number of pyridine rings is 1. The number of hydrogen-bond donors (Lipinski definition) is 0. The van der Waals surface area contributed by atoms with E-state index >= 15 is 0 Å². The number of carbonyl (C=O) groups excluding carboxylic acids is 1. The van der Waals surface area contributed by atoms with Gasteiger partial charge in [-0.15, -0.1) is 11.3 Å². The molecule has 0 N–H and O–H groups in total. The molecule has 3 aromatic heterocycles. The van der Waals surface area contributed by atoms with Crippen molar-refractivity contribution in [2.45, 2.75) is 25.9 Å². The number of rotatable bonds is 4. The molecule has 1 aliphatic carbocycles. The van der Waals surface area contributed by atoms with Gasteiger partial charge in [-0.25, -0.2) is 14.8 Å². The molecule has 0 unspecified atom stereocenters. The van der Waals surface area contributed by atoms with E-state index in [2.05, 4.69) is 23.2 Å². The first-order chi connectivity index (χ1) is 17.2. The SMILES string of the molecule is O=C(OCc1cc(=O)n2ccsc2n1)c1c2c(nc3ccccc13)/C(=C/c1ccccc1)CCC2. The van der Waals surface area contributed by atoms with E-state index in [0.717, 1.165) is 52.6 Å². The number of thiazole rings is 1. The molecule has 172 valence electrons. The number of carbonyl (C=O) groups is 1. The summed E-state index contributed by atoms with van der Waals surface area (Å²) in [6.45, 7) is -0.0688. The van der Waals surface area contributed by atoms with Gasteiger partial charge in [-0.3, -0.25) is 9.20 Å². The fraction of sp³-hybridized carbons (Fsp3) is 0.143. The van der Waals surface area contributed by atoms with Crippen LogP contribution >= 0.6 is 11.3 Å². The van der Waals surface area contributed by atoms with Gasteiger partial charge in [0.1, 0.15) is 6.61 Å². The highest BCUT2D eigenvalue weighted by molar-refractivity contribution is 7.15. The van der Waals surface area contributed by atoms with Crippen molar-refractivity contribution < 1.29 is 9.53 Å². The predicted octanol–water partition coefficient (Wildman–Crippen LogP) is 5.54. The lowest BCUT2D eigenvalue weighted by atomic mass is 9.86. The van der Waals surface area contributed by atoms with Crippen molar-refractivity contribution in [3.05, 3.63) is 111 Å². The van der Waals surface area contributed by atoms with Crippen LogP contribution in [0.5, 0.6) is 0 Å². The normalized spacial score (nSPS) is 14.3. The Morgan fingerprint density at radius 1 is 1.06 bits per heavy atom. The zero-order chi connectivity index (χ0) is 23.8. The van der Waals surface area contributed by atoms with Crippen LogP contribution in [0.15, 0.2) is 77.0 Å². The smallest absolute Gasteiger partial charge is 0.339 e. The van der Waals surface area contributed by atoms with Crippen LogP contribution in [0.4, 0.5) is 0 Å². The molecule has 0 atom stereocenters. The van der Waals surface area contributed by atoms with Crippen LogP contribution in [0.3, 0.4) is 0 Å². The maximum absolute atomic E-state index is 13.5. The monoisotopic (exact) mass is 479 g/mol. The highest BCUT2D eigenvalue weighted by Crippen LogP contribution is 2.36. The average molecular weight is 480 g/mol. The summed E-state index contributed by atoms with van der Waals surface area (Å²) in [5, 5.41) is 2.58. The molecule has 3 heterocycles. The first-order valence-corrected chi connectivity index (χ1v) is 12.4. The van der Waals surface area contributed by atoms with Crippen LogP contribution in [0.1, 0.15) is 45.7 Å². The van der Waals surface area contributed by atoms with E-state index in [1.165, 1.54) is 21.8 Å². The summed E-state index contributed by atoms with van der Waals surface area (Å²) in [7, 11) is 0. The number of esters is 1. The lowest BCUT2D eigenvalue weighted by molar-refractivity contribution is 0.0468. The van der Waals surface area contributed by atoms with E-state index in [0.29, 0.717) is 16.2 Å². The number of benzene rings is 2. The molecule has 0 saturated heterocycles. The number of hydrogen-bond acceptors (Lipinski definition) is 6. The first kappa shape index (κ1) is 21.4. The van der Waals surface area contributed by atoms with Crippen molar-refractivity contribution in [3.63, 3.8) is 0 Å². The van der Waals surface area contributed by atoms with Crippen molar-refractivity contribution in [1.82, 2.24) is 14.4 Å². The minimum absolute atomic E-state index is 0.0688. The van der Waals surface area contributed by atoms with Gasteiger partial charge in [-0.1, -0.05) is 48.5 Å². The Morgan fingerprint density at radius 2 is 1.89 bits per heavy atom. The first-order valence-electron chi connectivity index (χ1n) is 11.5. The van der Waals surface area contributed by atoms with E-state index in [1.54, 1.807) is 11.6 Å². The van der Waals surface area contributed by atoms with Crippen LogP contribution < -0.4 is 5.56 Å². The summed E-state index contributed by atoms with van der Waals surface area (Å²) in [6.07, 6.45) is 6.42. The number of allylic oxidation sites excluding steroid dienone is 1. The van der Waals surface area contributed by atoms with Gasteiger partial charge in [0.05, 0.1) is 22.5 Å². The summed E-state index contributed by atoms with van der Waals surface area (Å²) in [6, 6.07) is 19.2. The topological polar surface area (TPSA) is 73.6 Å². The Bertz CT molecular complexity index is 1670. The zero-order valence-electron chi connectivity index (χ0n) is 18.8. The molecule has 1 aliphatic rings. The van der Waals surface area contributed by atoms with Gasteiger partial charge < -0.3 is 4.74 Å². The molecule has 0 aliphatic heterocycles. The lowest BCUT2D eigenvalue weighted by Gasteiger charge is -2.22. The van der Waals surface area contributed by atoms with E-state index < -0.39 is 5.97 Å². The van der Waals surface area contributed by atoms with Gasteiger partial charge in [-0.05, 0) is 48.1 Å². The molecule has 0 amide bonds. The van der Waals surface area contributed by atoms with Gasteiger partial charge in [0, 0.05) is 23.0 Å². The Morgan fingerprint density at radius 3 is 2.77 bits per heavy atom. The van der Waals surface area contributed by atoms with E-state index in [-0.39, 0.29) is 12.2 Å². The van der Waals surface area contributed by atoms with Gasteiger partial charge >= 0.3 is 5.97 Å². The Kier molecular flexibility index (Phi) is 5.47. The van der Waals surface area contributed by atoms with Crippen LogP contribution in [-0.4, -0.2) is 20.3 Å². The largest absolute Gasteiger partial charge is 0.456 e.